The highest BCUT2D eigenvalue weighted by atomic mass is 127. The van der Waals surface area contributed by atoms with Crippen molar-refractivity contribution in [3.8, 4) is 11.5 Å². The number of ether oxygens (including phenoxy) is 1. The highest BCUT2D eigenvalue weighted by molar-refractivity contribution is 14.1. The van der Waals surface area contributed by atoms with E-state index in [1.807, 2.05) is 12.1 Å². The number of aromatic hydroxyl groups is 1. The summed E-state index contributed by atoms with van der Waals surface area (Å²) in [5, 5.41) is 9.84. The van der Waals surface area contributed by atoms with Crippen LogP contribution in [0.4, 0.5) is 5.69 Å². The first kappa shape index (κ1) is 17.1. The average Bonchev–Trinajstić information content (AvgIpc) is 2.49. The van der Waals surface area contributed by atoms with E-state index in [4.69, 9.17) is 10.5 Å². The van der Waals surface area contributed by atoms with E-state index in [0.717, 1.165) is 38.6 Å². The zero-order valence-corrected chi connectivity index (χ0v) is 17.2. The predicted octanol–water partition coefficient (Wildman–Crippen LogP) is 4.85. The van der Waals surface area contributed by atoms with Crippen LogP contribution in [0.2, 0.25) is 0 Å². The third-order valence-electron chi connectivity index (χ3n) is 4.47. The second-order valence-corrected chi connectivity index (χ2v) is 8.32. The molecule has 1 aliphatic rings. The van der Waals surface area contributed by atoms with E-state index >= 15 is 0 Å². The second-order valence-electron chi connectivity index (χ2n) is 6.00. The standard InChI is InChI=1S/C18H19I2NO2/c1-23-18-14(19)6-10(7-15(18)20)5-11-3-2-4-12-8-17(22)16(21)9-13(11)12/h6-9,11,22H,2-5,21H2,1H3. The topological polar surface area (TPSA) is 55.5 Å². The van der Waals surface area contributed by atoms with Crippen molar-refractivity contribution < 1.29 is 9.84 Å². The Bertz CT molecular complexity index is 723. The zero-order valence-electron chi connectivity index (χ0n) is 12.9. The predicted molar refractivity (Wildman–Crippen MR) is 110 cm³/mol. The minimum atomic E-state index is 0.206. The number of benzene rings is 2. The van der Waals surface area contributed by atoms with Gasteiger partial charge in [0.2, 0.25) is 0 Å². The van der Waals surface area contributed by atoms with E-state index in [1.165, 1.54) is 16.7 Å². The molecule has 0 saturated carbocycles. The smallest absolute Gasteiger partial charge is 0.145 e. The monoisotopic (exact) mass is 535 g/mol. The summed E-state index contributed by atoms with van der Waals surface area (Å²) < 4.78 is 7.74. The normalized spacial score (nSPS) is 16.9. The minimum Gasteiger partial charge on any atom is -0.506 e. The molecule has 2 aromatic carbocycles. The Labute approximate surface area is 163 Å². The third kappa shape index (κ3) is 3.55. The summed E-state index contributed by atoms with van der Waals surface area (Å²) in [6.45, 7) is 0. The maximum atomic E-state index is 9.84. The molecule has 3 rings (SSSR count). The van der Waals surface area contributed by atoms with Gasteiger partial charge in [-0.3, -0.25) is 0 Å². The van der Waals surface area contributed by atoms with Gasteiger partial charge in [0.25, 0.3) is 0 Å². The molecule has 0 aliphatic heterocycles. The average molecular weight is 535 g/mol. The maximum absolute atomic E-state index is 9.84. The lowest BCUT2D eigenvalue weighted by molar-refractivity contribution is 0.408. The fraction of sp³-hybridized carbons (Fsp3) is 0.333. The lowest BCUT2D eigenvalue weighted by Crippen LogP contribution is -2.13. The molecule has 1 atom stereocenters. The molecule has 0 amide bonds. The number of rotatable bonds is 3. The van der Waals surface area contributed by atoms with Gasteiger partial charge >= 0.3 is 0 Å². The molecule has 1 unspecified atom stereocenters. The SMILES string of the molecule is COc1c(I)cc(CC2CCCc3cc(O)c(N)cc32)cc1I. The molecule has 122 valence electrons. The van der Waals surface area contributed by atoms with E-state index < -0.39 is 0 Å². The lowest BCUT2D eigenvalue weighted by atomic mass is 9.79. The number of nitrogen functional groups attached to an aromatic ring is 1. The summed E-state index contributed by atoms with van der Waals surface area (Å²) in [6.07, 6.45) is 4.34. The quantitative estimate of drug-likeness (QED) is 0.336. The van der Waals surface area contributed by atoms with Crippen LogP contribution in [0.1, 0.15) is 35.4 Å². The van der Waals surface area contributed by atoms with Crippen LogP contribution in [-0.4, -0.2) is 12.2 Å². The van der Waals surface area contributed by atoms with Gasteiger partial charge in [-0.15, -0.1) is 0 Å². The van der Waals surface area contributed by atoms with Gasteiger partial charge in [0.15, 0.2) is 0 Å². The van der Waals surface area contributed by atoms with Crippen molar-refractivity contribution >= 4 is 50.9 Å². The number of hydrogen-bond donors (Lipinski definition) is 2. The minimum absolute atomic E-state index is 0.206. The van der Waals surface area contributed by atoms with Crippen molar-refractivity contribution in [2.75, 3.05) is 12.8 Å². The zero-order chi connectivity index (χ0) is 16.6. The number of methoxy groups -OCH3 is 1. The highest BCUT2D eigenvalue weighted by Crippen LogP contribution is 2.39. The maximum Gasteiger partial charge on any atom is 0.145 e. The highest BCUT2D eigenvalue weighted by Gasteiger charge is 2.22. The van der Waals surface area contributed by atoms with Gasteiger partial charge in [-0.05, 0) is 118 Å². The number of phenols is 1. The fourth-order valence-electron chi connectivity index (χ4n) is 3.38. The van der Waals surface area contributed by atoms with Crippen LogP contribution < -0.4 is 10.5 Å². The summed E-state index contributed by atoms with van der Waals surface area (Å²) in [6, 6.07) is 8.23. The van der Waals surface area contributed by atoms with Crippen molar-refractivity contribution in [3.05, 3.63) is 48.1 Å². The molecular formula is C18H19I2NO2. The molecule has 0 saturated heterocycles. The lowest BCUT2D eigenvalue weighted by Gasteiger charge is -2.26. The Hall–Kier alpha value is -0.700. The Balaban J connectivity index is 1.92. The Kier molecular flexibility index (Phi) is 5.25. The Morgan fingerprint density at radius 3 is 2.57 bits per heavy atom. The van der Waals surface area contributed by atoms with Gasteiger partial charge in [0, 0.05) is 0 Å². The van der Waals surface area contributed by atoms with Gasteiger partial charge in [-0.25, -0.2) is 0 Å². The second kappa shape index (κ2) is 7.04. The Morgan fingerprint density at radius 1 is 1.22 bits per heavy atom. The molecule has 0 fully saturated rings. The van der Waals surface area contributed by atoms with Gasteiger partial charge < -0.3 is 15.6 Å². The van der Waals surface area contributed by atoms with Crippen LogP contribution in [0.15, 0.2) is 24.3 Å². The van der Waals surface area contributed by atoms with Gasteiger partial charge in [-0.2, -0.15) is 0 Å². The van der Waals surface area contributed by atoms with Gasteiger partial charge in [-0.1, -0.05) is 0 Å². The van der Waals surface area contributed by atoms with Crippen molar-refractivity contribution in [1.29, 1.82) is 0 Å². The molecule has 1 aliphatic carbocycles. The molecule has 3 N–H and O–H groups in total. The first-order chi connectivity index (χ1) is 11.0. The first-order valence-electron chi connectivity index (χ1n) is 7.62. The molecule has 0 aromatic heterocycles. The molecule has 5 heteroatoms. The molecule has 0 heterocycles. The van der Waals surface area contributed by atoms with E-state index in [0.29, 0.717) is 11.6 Å². The van der Waals surface area contributed by atoms with Crippen LogP contribution >= 0.6 is 45.2 Å². The summed E-state index contributed by atoms with van der Waals surface area (Å²) in [5.41, 5.74) is 10.3. The van der Waals surface area contributed by atoms with Crippen molar-refractivity contribution in [3.63, 3.8) is 0 Å². The number of hydrogen-bond acceptors (Lipinski definition) is 3. The van der Waals surface area contributed by atoms with Crippen molar-refractivity contribution in [1.82, 2.24) is 0 Å². The number of phenolic OH excluding ortho intramolecular Hbond substituents is 1. The van der Waals surface area contributed by atoms with Gasteiger partial charge in [0.05, 0.1) is 19.9 Å². The molecule has 0 spiro atoms. The molecule has 3 nitrogen and oxygen atoms in total. The van der Waals surface area contributed by atoms with E-state index in [1.54, 1.807) is 7.11 Å². The summed E-state index contributed by atoms with van der Waals surface area (Å²) >= 11 is 4.67. The largest absolute Gasteiger partial charge is 0.506 e. The van der Waals surface area contributed by atoms with Crippen molar-refractivity contribution in [2.24, 2.45) is 0 Å². The number of anilines is 1. The van der Waals surface area contributed by atoms with Crippen LogP contribution in [-0.2, 0) is 12.8 Å². The van der Waals surface area contributed by atoms with Gasteiger partial charge in [0.1, 0.15) is 11.5 Å². The van der Waals surface area contributed by atoms with E-state index in [-0.39, 0.29) is 5.75 Å². The summed E-state index contributed by atoms with van der Waals surface area (Å²) in [5.74, 6) is 1.62. The molecule has 0 radical (unpaired) electrons. The fourth-order valence-corrected chi connectivity index (χ4v) is 5.72. The Morgan fingerprint density at radius 2 is 1.91 bits per heavy atom. The number of aryl methyl sites for hydroxylation is 1. The van der Waals surface area contributed by atoms with E-state index in [2.05, 4.69) is 57.3 Å². The molecule has 0 bridgehead atoms. The number of halogens is 2. The first-order valence-corrected chi connectivity index (χ1v) is 9.78. The molecule has 2 aromatic rings. The number of nitrogens with two attached hydrogens (primary N) is 1. The van der Waals surface area contributed by atoms with E-state index in [9.17, 15) is 5.11 Å². The van der Waals surface area contributed by atoms with Crippen LogP contribution in [0.5, 0.6) is 11.5 Å². The van der Waals surface area contributed by atoms with Crippen molar-refractivity contribution in [2.45, 2.75) is 31.6 Å². The summed E-state index contributed by atoms with van der Waals surface area (Å²) in [7, 11) is 1.71. The molecular weight excluding hydrogens is 516 g/mol. The van der Waals surface area contributed by atoms with Crippen LogP contribution in [0.3, 0.4) is 0 Å². The number of fused-ring (bicyclic) bond motifs is 1. The molecule has 23 heavy (non-hydrogen) atoms. The van der Waals surface area contributed by atoms with Crippen LogP contribution in [0, 0.1) is 7.14 Å². The summed E-state index contributed by atoms with van der Waals surface area (Å²) in [4.78, 5) is 0. The van der Waals surface area contributed by atoms with Crippen LogP contribution in [0.25, 0.3) is 0 Å². The third-order valence-corrected chi connectivity index (χ3v) is 6.07.